The van der Waals surface area contributed by atoms with Gasteiger partial charge in [-0.2, -0.15) is 5.10 Å². The molecule has 8 heteroatoms. The molecule has 1 aliphatic heterocycles. The zero-order valence-corrected chi connectivity index (χ0v) is 18.8. The molecule has 1 saturated heterocycles. The zero-order valence-electron chi connectivity index (χ0n) is 18.8. The molecule has 164 valence electrons. The van der Waals surface area contributed by atoms with Gasteiger partial charge in [-0.25, -0.2) is 4.79 Å². The molecule has 0 aliphatic carbocycles. The van der Waals surface area contributed by atoms with Crippen molar-refractivity contribution in [1.82, 2.24) is 24.9 Å². The van der Waals surface area contributed by atoms with Gasteiger partial charge in [0, 0.05) is 39.3 Å². The lowest BCUT2D eigenvalue weighted by Gasteiger charge is -2.35. The second kappa shape index (κ2) is 10.1. The van der Waals surface area contributed by atoms with Gasteiger partial charge in [-0.1, -0.05) is 13.8 Å². The van der Waals surface area contributed by atoms with Crippen molar-refractivity contribution in [3.8, 4) is 0 Å². The van der Waals surface area contributed by atoms with E-state index >= 15 is 0 Å². The van der Waals surface area contributed by atoms with Crippen LogP contribution in [-0.2, 0) is 11.3 Å². The fourth-order valence-corrected chi connectivity index (χ4v) is 3.22. The van der Waals surface area contributed by atoms with E-state index < -0.39 is 5.60 Å². The summed E-state index contributed by atoms with van der Waals surface area (Å²) < 4.78 is 7.19. The molecule has 1 aromatic rings. The third kappa shape index (κ3) is 7.03. The van der Waals surface area contributed by atoms with Crippen LogP contribution in [0.3, 0.4) is 0 Å². The van der Waals surface area contributed by atoms with Gasteiger partial charge in [0.2, 0.25) is 0 Å². The second-order valence-electron chi connectivity index (χ2n) is 8.84. The van der Waals surface area contributed by atoms with E-state index in [1.165, 1.54) is 0 Å². The van der Waals surface area contributed by atoms with Gasteiger partial charge in [0.05, 0.1) is 5.69 Å². The van der Waals surface area contributed by atoms with Crippen molar-refractivity contribution in [2.75, 3.05) is 39.3 Å². The molecule has 0 bridgehead atoms. The molecule has 0 radical (unpaired) electrons. The Bertz CT molecular complexity index is 685. The lowest BCUT2D eigenvalue weighted by molar-refractivity contribution is 0.0144. The van der Waals surface area contributed by atoms with E-state index in [9.17, 15) is 9.59 Å². The van der Waals surface area contributed by atoms with Crippen LogP contribution < -0.4 is 5.32 Å². The van der Waals surface area contributed by atoms with E-state index in [-0.39, 0.29) is 12.0 Å². The number of hydrogen-bond donors (Lipinski definition) is 1. The van der Waals surface area contributed by atoms with Crippen LogP contribution in [0.5, 0.6) is 0 Å². The van der Waals surface area contributed by atoms with Crippen molar-refractivity contribution in [3.63, 3.8) is 0 Å². The number of piperazine rings is 1. The zero-order chi connectivity index (χ0) is 21.6. The van der Waals surface area contributed by atoms with Crippen molar-refractivity contribution >= 4 is 12.0 Å². The van der Waals surface area contributed by atoms with Crippen LogP contribution in [0.1, 0.15) is 70.1 Å². The Kier molecular flexibility index (Phi) is 8.07. The minimum absolute atomic E-state index is 0.0685. The van der Waals surface area contributed by atoms with Gasteiger partial charge in [0.1, 0.15) is 11.3 Å². The molecule has 0 spiro atoms. The molecule has 0 saturated carbocycles. The van der Waals surface area contributed by atoms with Crippen molar-refractivity contribution < 1.29 is 14.3 Å². The van der Waals surface area contributed by atoms with Gasteiger partial charge >= 0.3 is 6.09 Å². The van der Waals surface area contributed by atoms with Gasteiger partial charge in [0.15, 0.2) is 0 Å². The van der Waals surface area contributed by atoms with Crippen LogP contribution in [0.25, 0.3) is 0 Å². The molecule has 2 amide bonds. The number of carbonyl (C=O) groups excluding carboxylic acids is 2. The summed E-state index contributed by atoms with van der Waals surface area (Å²) in [5.74, 6) is 0.231. The maximum Gasteiger partial charge on any atom is 0.410 e. The van der Waals surface area contributed by atoms with Crippen LogP contribution in [-0.4, -0.2) is 76.5 Å². The van der Waals surface area contributed by atoms with Crippen molar-refractivity contribution in [3.05, 3.63) is 17.5 Å². The van der Waals surface area contributed by atoms with Gasteiger partial charge in [0.25, 0.3) is 5.91 Å². The van der Waals surface area contributed by atoms with E-state index in [0.717, 1.165) is 31.7 Å². The Labute approximate surface area is 174 Å². The number of hydrogen-bond acceptors (Lipinski definition) is 5. The first-order chi connectivity index (χ1) is 13.6. The van der Waals surface area contributed by atoms with Gasteiger partial charge < -0.3 is 15.0 Å². The molecule has 1 N–H and O–H groups in total. The standard InChI is InChI=1S/C21H37N5O3/c1-7-26-18(15-17(23-26)16(2)3)19(27)22-9-8-10-24-11-13-25(14-12-24)20(28)29-21(4,5)6/h15-16H,7-14H2,1-6H3,(H,22,27). The first-order valence-corrected chi connectivity index (χ1v) is 10.7. The van der Waals surface area contributed by atoms with Crippen LogP contribution in [0.15, 0.2) is 6.07 Å². The number of aromatic nitrogens is 2. The van der Waals surface area contributed by atoms with E-state index in [1.54, 1.807) is 9.58 Å². The predicted octanol–water partition coefficient (Wildman–Crippen LogP) is 2.70. The van der Waals surface area contributed by atoms with Crippen LogP contribution in [0.2, 0.25) is 0 Å². The first kappa shape index (κ1) is 23.2. The minimum Gasteiger partial charge on any atom is -0.444 e. The van der Waals surface area contributed by atoms with Crippen LogP contribution in [0.4, 0.5) is 4.79 Å². The van der Waals surface area contributed by atoms with E-state index in [0.29, 0.717) is 37.8 Å². The summed E-state index contributed by atoms with van der Waals surface area (Å²) in [4.78, 5) is 28.7. The molecular weight excluding hydrogens is 370 g/mol. The van der Waals surface area contributed by atoms with Crippen molar-refractivity contribution in [2.45, 2.75) is 66.0 Å². The highest BCUT2D eigenvalue weighted by Gasteiger charge is 2.25. The highest BCUT2D eigenvalue weighted by molar-refractivity contribution is 5.92. The summed E-state index contributed by atoms with van der Waals surface area (Å²) in [6.45, 7) is 17.0. The fraction of sp³-hybridized carbons (Fsp3) is 0.762. The number of ether oxygens (including phenoxy) is 1. The topological polar surface area (TPSA) is 79.7 Å². The van der Waals surface area contributed by atoms with E-state index in [4.69, 9.17) is 4.74 Å². The van der Waals surface area contributed by atoms with Crippen LogP contribution >= 0.6 is 0 Å². The van der Waals surface area contributed by atoms with Crippen molar-refractivity contribution in [2.24, 2.45) is 0 Å². The first-order valence-electron chi connectivity index (χ1n) is 10.7. The van der Waals surface area contributed by atoms with Gasteiger partial charge in [-0.05, 0) is 52.6 Å². The summed E-state index contributed by atoms with van der Waals surface area (Å²) in [6, 6.07) is 1.89. The summed E-state index contributed by atoms with van der Waals surface area (Å²) in [7, 11) is 0. The maximum atomic E-state index is 12.5. The Hall–Kier alpha value is -2.09. The van der Waals surface area contributed by atoms with E-state index in [1.807, 2.05) is 33.8 Å². The fourth-order valence-electron chi connectivity index (χ4n) is 3.22. The number of nitrogens with one attached hydrogen (secondary N) is 1. The molecular formula is C21H37N5O3. The number of nitrogens with zero attached hydrogens (tertiary/aromatic N) is 4. The SMILES string of the molecule is CCn1nc(C(C)C)cc1C(=O)NCCCN1CCN(C(=O)OC(C)(C)C)CC1. The molecule has 0 aromatic carbocycles. The number of carbonyl (C=O) groups is 2. The Balaban J connectivity index is 1.70. The summed E-state index contributed by atoms with van der Waals surface area (Å²) in [5.41, 5.74) is 1.11. The van der Waals surface area contributed by atoms with Gasteiger partial charge in [-0.3, -0.25) is 14.4 Å². The molecule has 1 aliphatic rings. The lowest BCUT2D eigenvalue weighted by atomic mass is 10.1. The second-order valence-corrected chi connectivity index (χ2v) is 8.84. The maximum absolute atomic E-state index is 12.5. The predicted molar refractivity (Wildman–Crippen MR) is 113 cm³/mol. The summed E-state index contributed by atoms with van der Waals surface area (Å²) in [5, 5.41) is 7.51. The Morgan fingerprint density at radius 3 is 2.41 bits per heavy atom. The largest absolute Gasteiger partial charge is 0.444 e. The minimum atomic E-state index is -0.463. The lowest BCUT2D eigenvalue weighted by Crippen LogP contribution is -2.50. The average Bonchev–Trinajstić information content (AvgIpc) is 3.09. The third-order valence-corrected chi connectivity index (χ3v) is 4.88. The quantitative estimate of drug-likeness (QED) is 0.703. The normalized spacial score (nSPS) is 15.6. The van der Waals surface area contributed by atoms with Crippen molar-refractivity contribution in [1.29, 1.82) is 0 Å². The number of amides is 2. The Morgan fingerprint density at radius 1 is 1.21 bits per heavy atom. The molecule has 29 heavy (non-hydrogen) atoms. The molecule has 0 unspecified atom stereocenters. The molecule has 2 rings (SSSR count). The Morgan fingerprint density at radius 2 is 1.86 bits per heavy atom. The third-order valence-electron chi connectivity index (χ3n) is 4.88. The highest BCUT2D eigenvalue weighted by atomic mass is 16.6. The molecule has 1 fully saturated rings. The summed E-state index contributed by atoms with van der Waals surface area (Å²) in [6.07, 6.45) is 0.632. The number of aryl methyl sites for hydroxylation is 1. The molecule has 2 heterocycles. The van der Waals surface area contributed by atoms with E-state index in [2.05, 4.69) is 29.2 Å². The van der Waals surface area contributed by atoms with Gasteiger partial charge in [-0.15, -0.1) is 0 Å². The highest BCUT2D eigenvalue weighted by Crippen LogP contribution is 2.15. The molecule has 1 aromatic heterocycles. The molecule has 0 atom stereocenters. The monoisotopic (exact) mass is 407 g/mol. The summed E-state index contributed by atoms with van der Waals surface area (Å²) >= 11 is 0. The molecule has 8 nitrogen and oxygen atoms in total. The smallest absolute Gasteiger partial charge is 0.410 e. The average molecular weight is 408 g/mol. The van der Waals surface area contributed by atoms with Crippen LogP contribution in [0, 0.1) is 0 Å². The number of rotatable bonds is 7.